The van der Waals surface area contributed by atoms with Crippen molar-refractivity contribution in [2.45, 2.75) is 58.3 Å². The Kier molecular flexibility index (Phi) is 6.18. The number of hydrogen-bond donors (Lipinski definition) is 2. The average Bonchev–Trinajstić information content (AvgIpc) is 2.68. The number of rotatable bonds is 5. The molecule has 1 heterocycles. The van der Waals surface area contributed by atoms with Crippen LogP contribution in [0.25, 0.3) is 5.57 Å². The van der Waals surface area contributed by atoms with Crippen molar-refractivity contribution >= 4 is 17.4 Å². The number of carbonyl (C=O) groups is 2. The molecule has 1 aliphatic heterocycles. The number of nitrogens with two attached hydrogens (primary N) is 1. The third-order valence-electron chi connectivity index (χ3n) is 6.90. The maximum Gasteiger partial charge on any atom is 0.249 e. The molecule has 0 spiro atoms. The number of piperidine rings is 1. The molecule has 1 aliphatic carbocycles. The Bertz CT molecular complexity index is 817. The number of hydrogen-bond acceptors (Lipinski definition) is 3. The Labute approximate surface area is 174 Å². The van der Waals surface area contributed by atoms with Gasteiger partial charge in [-0.3, -0.25) is 9.59 Å². The molecule has 0 aromatic heterocycles. The molecule has 3 rings (SSSR count). The standard InChI is InChI=1S/C24H35N3O2/c1-17(28)27-13-11-24(12-14-27,16-26-4)19-5-6-20(22(25)29)21(15-19)18-7-9-23(2,3)10-8-18/h5-7,15,26H,8-14,16H2,1-4H3,(H2,25,29). The van der Waals surface area contributed by atoms with Crippen LogP contribution >= 0.6 is 0 Å². The lowest BCUT2D eigenvalue weighted by atomic mass is 9.70. The lowest BCUT2D eigenvalue weighted by molar-refractivity contribution is -0.130. The molecule has 0 radical (unpaired) electrons. The van der Waals surface area contributed by atoms with Crippen LogP contribution in [0.15, 0.2) is 24.3 Å². The number of amides is 2. The van der Waals surface area contributed by atoms with Crippen LogP contribution < -0.4 is 11.1 Å². The zero-order valence-electron chi connectivity index (χ0n) is 18.3. The monoisotopic (exact) mass is 397 g/mol. The maximum absolute atomic E-state index is 12.1. The van der Waals surface area contributed by atoms with Crippen molar-refractivity contribution in [2.24, 2.45) is 11.1 Å². The summed E-state index contributed by atoms with van der Waals surface area (Å²) in [5.41, 5.74) is 10.1. The summed E-state index contributed by atoms with van der Waals surface area (Å²) in [6.07, 6.45) is 7.20. The quantitative estimate of drug-likeness (QED) is 0.799. The van der Waals surface area contributed by atoms with Gasteiger partial charge in [0.25, 0.3) is 0 Å². The molecule has 0 saturated carbocycles. The Balaban J connectivity index is 2.00. The predicted octanol–water partition coefficient (Wildman–Crippen LogP) is 3.48. The molecule has 29 heavy (non-hydrogen) atoms. The number of carbonyl (C=O) groups excluding carboxylic acids is 2. The first-order valence-electron chi connectivity index (χ1n) is 10.7. The fourth-order valence-corrected chi connectivity index (χ4v) is 4.83. The Hall–Kier alpha value is -2.14. The number of likely N-dealkylation sites (N-methyl/N-ethyl adjacent to an activating group) is 1. The maximum atomic E-state index is 12.1. The van der Waals surface area contributed by atoms with Crippen LogP contribution in [0.5, 0.6) is 0 Å². The minimum absolute atomic E-state index is 0.0415. The van der Waals surface area contributed by atoms with Crippen LogP contribution in [0, 0.1) is 5.41 Å². The molecule has 0 atom stereocenters. The molecule has 5 nitrogen and oxygen atoms in total. The Morgan fingerprint density at radius 3 is 2.38 bits per heavy atom. The minimum Gasteiger partial charge on any atom is -0.366 e. The summed E-state index contributed by atoms with van der Waals surface area (Å²) in [6, 6.07) is 6.17. The first kappa shape index (κ1) is 21.6. The number of nitrogens with zero attached hydrogens (tertiary/aromatic N) is 1. The highest BCUT2D eigenvalue weighted by Crippen LogP contribution is 2.41. The summed E-state index contributed by atoms with van der Waals surface area (Å²) in [6.45, 7) is 8.59. The second-order valence-corrected chi connectivity index (χ2v) is 9.54. The van der Waals surface area contributed by atoms with Crippen LogP contribution in [0.3, 0.4) is 0 Å². The highest BCUT2D eigenvalue weighted by Gasteiger charge is 2.37. The van der Waals surface area contributed by atoms with E-state index in [1.165, 1.54) is 11.1 Å². The molecule has 1 aromatic rings. The highest BCUT2D eigenvalue weighted by atomic mass is 16.2. The van der Waals surface area contributed by atoms with Gasteiger partial charge >= 0.3 is 0 Å². The zero-order chi connectivity index (χ0) is 21.2. The zero-order valence-corrected chi connectivity index (χ0v) is 18.3. The van der Waals surface area contributed by atoms with Crippen LogP contribution in [0.2, 0.25) is 0 Å². The molecule has 5 heteroatoms. The van der Waals surface area contributed by atoms with Crippen molar-refractivity contribution in [3.8, 4) is 0 Å². The molecule has 0 unspecified atom stereocenters. The van der Waals surface area contributed by atoms with Crippen molar-refractivity contribution < 1.29 is 9.59 Å². The van der Waals surface area contributed by atoms with Crippen molar-refractivity contribution in [3.63, 3.8) is 0 Å². The molecule has 158 valence electrons. The number of allylic oxidation sites excluding steroid dienone is 2. The SMILES string of the molecule is CNCC1(c2ccc(C(N)=O)c(C3=CCC(C)(C)CC3)c2)CCN(C(C)=O)CC1. The van der Waals surface area contributed by atoms with Gasteiger partial charge in [-0.25, -0.2) is 0 Å². The Morgan fingerprint density at radius 2 is 1.86 bits per heavy atom. The molecule has 2 amide bonds. The van der Waals surface area contributed by atoms with Gasteiger partial charge in [0.2, 0.25) is 11.8 Å². The molecule has 3 N–H and O–H groups in total. The minimum atomic E-state index is -0.369. The van der Waals surface area contributed by atoms with Gasteiger partial charge in [0, 0.05) is 37.5 Å². The van der Waals surface area contributed by atoms with Gasteiger partial charge in [0.1, 0.15) is 0 Å². The molecule has 1 fully saturated rings. The van der Waals surface area contributed by atoms with Gasteiger partial charge in [0.15, 0.2) is 0 Å². The van der Waals surface area contributed by atoms with E-state index < -0.39 is 0 Å². The van der Waals surface area contributed by atoms with Gasteiger partial charge in [-0.05, 0) is 67.3 Å². The van der Waals surface area contributed by atoms with Crippen LogP contribution in [-0.2, 0) is 10.2 Å². The fraction of sp³-hybridized carbons (Fsp3) is 0.583. The van der Waals surface area contributed by atoms with Crippen LogP contribution in [0.1, 0.15) is 74.4 Å². The summed E-state index contributed by atoms with van der Waals surface area (Å²) >= 11 is 0. The first-order chi connectivity index (χ1) is 13.7. The average molecular weight is 398 g/mol. The smallest absolute Gasteiger partial charge is 0.249 e. The van der Waals surface area contributed by atoms with Gasteiger partial charge in [0.05, 0.1) is 0 Å². The molecule has 1 saturated heterocycles. The third kappa shape index (κ3) is 4.55. The molecule has 2 aliphatic rings. The van der Waals surface area contributed by atoms with Gasteiger partial charge in [-0.15, -0.1) is 0 Å². The largest absolute Gasteiger partial charge is 0.366 e. The number of benzene rings is 1. The summed E-state index contributed by atoms with van der Waals surface area (Å²) in [7, 11) is 1.98. The summed E-state index contributed by atoms with van der Waals surface area (Å²) in [4.78, 5) is 25.9. The van der Waals surface area contributed by atoms with E-state index in [1.54, 1.807) is 6.92 Å². The third-order valence-corrected chi connectivity index (χ3v) is 6.90. The topological polar surface area (TPSA) is 75.4 Å². The van der Waals surface area contributed by atoms with Crippen molar-refractivity contribution in [1.82, 2.24) is 10.2 Å². The summed E-state index contributed by atoms with van der Waals surface area (Å²) in [5.74, 6) is -0.228. The molecule has 0 bridgehead atoms. The highest BCUT2D eigenvalue weighted by molar-refractivity contribution is 5.98. The van der Waals surface area contributed by atoms with E-state index in [2.05, 4.69) is 37.4 Å². The number of likely N-dealkylation sites (tertiary alicyclic amines) is 1. The Morgan fingerprint density at radius 1 is 1.17 bits per heavy atom. The van der Waals surface area contributed by atoms with Gasteiger partial charge in [-0.2, -0.15) is 0 Å². The fourth-order valence-electron chi connectivity index (χ4n) is 4.83. The van der Waals surface area contributed by atoms with Crippen molar-refractivity contribution in [3.05, 3.63) is 41.0 Å². The molecular formula is C24H35N3O2. The summed E-state index contributed by atoms with van der Waals surface area (Å²) in [5, 5.41) is 3.36. The first-order valence-corrected chi connectivity index (χ1v) is 10.7. The van der Waals surface area contributed by atoms with E-state index in [-0.39, 0.29) is 17.2 Å². The normalized spacial score (nSPS) is 20.8. The summed E-state index contributed by atoms with van der Waals surface area (Å²) < 4.78 is 0. The predicted molar refractivity (Wildman–Crippen MR) is 118 cm³/mol. The van der Waals surface area contributed by atoms with Crippen LogP contribution in [0.4, 0.5) is 0 Å². The van der Waals surface area contributed by atoms with Crippen LogP contribution in [-0.4, -0.2) is 43.4 Å². The van der Waals surface area contributed by atoms with Crippen molar-refractivity contribution in [2.75, 3.05) is 26.7 Å². The lowest BCUT2D eigenvalue weighted by Gasteiger charge is -2.42. The van der Waals surface area contributed by atoms with Gasteiger partial charge in [-0.1, -0.05) is 32.1 Å². The number of nitrogens with one attached hydrogen (secondary N) is 1. The van der Waals surface area contributed by atoms with Crippen molar-refractivity contribution in [1.29, 1.82) is 0 Å². The van der Waals surface area contributed by atoms with E-state index in [0.29, 0.717) is 11.0 Å². The van der Waals surface area contributed by atoms with E-state index >= 15 is 0 Å². The van der Waals surface area contributed by atoms with E-state index in [4.69, 9.17) is 5.73 Å². The lowest BCUT2D eigenvalue weighted by Crippen LogP contribution is -2.48. The second-order valence-electron chi connectivity index (χ2n) is 9.54. The second kappa shape index (κ2) is 8.31. The van der Waals surface area contributed by atoms with Gasteiger partial charge < -0.3 is 16.0 Å². The number of primary amides is 1. The van der Waals surface area contributed by atoms with E-state index in [9.17, 15) is 9.59 Å². The molecule has 1 aromatic carbocycles. The van der Waals surface area contributed by atoms with E-state index in [1.807, 2.05) is 18.0 Å². The van der Waals surface area contributed by atoms with E-state index in [0.717, 1.165) is 57.3 Å². The molecular weight excluding hydrogens is 362 g/mol.